The van der Waals surface area contributed by atoms with Crippen molar-refractivity contribution in [2.45, 2.75) is 24.8 Å². The number of hydrogen-bond acceptors (Lipinski definition) is 5. The van der Waals surface area contributed by atoms with Crippen LogP contribution in [0.15, 0.2) is 47.4 Å². The number of carbonyl (C=O) groups excluding carboxylic acids is 1. The maximum Gasteiger partial charge on any atom is 0.252 e. The van der Waals surface area contributed by atoms with Crippen molar-refractivity contribution in [3.63, 3.8) is 0 Å². The molecule has 0 saturated heterocycles. The van der Waals surface area contributed by atoms with Gasteiger partial charge in [-0.05, 0) is 44.2 Å². The number of carbonyl (C=O) groups is 1. The summed E-state index contributed by atoms with van der Waals surface area (Å²) in [4.78, 5) is 12.5. The second kappa shape index (κ2) is 9.96. The number of amides is 1. The average Bonchev–Trinajstić information content (AvgIpc) is 2.70. The van der Waals surface area contributed by atoms with Gasteiger partial charge in [0.25, 0.3) is 5.91 Å². The highest BCUT2D eigenvalue weighted by Gasteiger charge is 2.25. The van der Waals surface area contributed by atoms with E-state index in [-0.39, 0.29) is 34.7 Å². The Labute approximate surface area is 176 Å². The topological polar surface area (TPSA) is 84.9 Å². The van der Waals surface area contributed by atoms with Crippen molar-refractivity contribution in [3.05, 3.63) is 53.1 Å². The lowest BCUT2D eigenvalue weighted by Crippen LogP contribution is -2.33. The van der Waals surface area contributed by atoms with Crippen LogP contribution in [0.5, 0.6) is 11.5 Å². The largest absolute Gasteiger partial charge is 0.497 e. The van der Waals surface area contributed by atoms with E-state index >= 15 is 0 Å². The second-order valence-electron chi connectivity index (χ2n) is 6.54. The maximum absolute atomic E-state index is 12.7. The van der Waals surface area contributed by atoms with Crippen LogP contribution in [0.1, 0.15) is 24.2 Å². The minimum atomic E-state index is -3.72. The zero-order chi connectivity index (χ0) is 21.6. The van der Waals surface area contributed by atoms with Gasteiger partial charge in [-0.25, -0.2) is 8.42 Å². The molecule has 9 heteroatoms. The molecule has 0 aliphatic rings. The van der Waals surface area contributed by atoms with Gasteiger partial charge in [-0.3, -0.25) is 4.79 Å². The van der Waals surface area contributed by atoms with E-state index in [4.69, 9.17) is 21.1 Å². The summed E-state index contributed by atoms with van der Waals surface area (Å²) >= 11 is 6.11. The molecule has 1 amide bonds. The van der Waals surface area contributed by atoms with Crippen LogP contribution in [0.3, 0.4) is 0 Å². The number of nitrogens with zero attached hydrogens (tertiary/aromatic N) is 1. The summed E-state index contributed by atoms with van der Waals surface area (Å²) in [6.45, 7) is 3.98. The third-order valence-electron chi connectivity index (χ3n) is 4.28. The summed E-state index contributed by atoms with van der Waals surface area (Å²) < 4.78 is 37.2. The molecule has 29 heavy (non-hydrogen) atoms. The number of halogens is 1. The number of ether oxygens (including phenoxy) is 2. The van der Waals surface area contributed by atoms with Crippen LogP contribution >= 0.6 is 11.6 Å². The fourth-order valence-electron chi connectivity index (χ4n) is 2.40. The number of sulfonamides is 1. The number of hydrogen-bond donors (Lipinski definition) is 1. The van der Waals surface area contributed by atoms with Gasteiger partial charge in [0.15, 0.2) is 0 Å². The molecule has 0 aliphatic carbocycles. The monoisotopic (exact) mass is 440 g/mol. The Balaban J connectivity index is 2.03. The fourth-order valence-corrected chi connectivity index (χ4v) is 4.00. The standard InChI is InChI=1S/C20H25ClN2O5S/c1-14(2)23(3)29(25,26)17-8-9-19(21)18(13-17)20(24)22-10-11-28-16-7-5-6-15(12-16)27-4/h5-9,12-14H,10-11H2,1-4H3,(H,22,24). The number of rotatable bonds is 9. The van der Waals surface area contributed by atoms with E-state index in [2.05, 4.69) is 5.32 Å². The molecule has 2 aromatic carbocycles. The molecule has 0 bridgehead atoms. The average molecular weight is 441 g/mol. The molecule has 2 rings (SSSR count). The van der Waals surface area contributed by atoms with Crippen LogP contribution in [-0.4, -0.2) is 52.0 Å². The SMILES string of the molecule is COc1cccc(OCCNC(=O)c2cc(S(=O)(=O)N(C)C(C)C)ccc2Cl)c1. The lowest BCUT2D eigenvalue weighted by molar-refractivity contribution is 0.0947. The first-order chi connectivity index (χ1) is 13.7. The van der Waals surface area contributed by atoms with Crippen molar-refractivity contribution in [2.75, 3.05) is 27.3 Å². The van der Waals surface area contributed by atoms with Crippen LogP contribution in [0, 0.1) is 0 Å². The molecule has 0 fully saturated rings. The van der Waals surface area contributed by atoms with Crippen LogP contribution < -0.4 is 14.8 Å². The quantitative estimate of drug-likeness (QED) is 0.605. The van der Waals surface area contributed by atoms with E-state index in [1.807, 2.05) is 0 Å². The van der Waals surface area contributed by atoms with Gasteiger partial charge in [0.1, 0.15) is 18.1 Å². The van der Waals surface area contributed by atoms with Gasteiger partial charge >= 0.3 is 0 Å². The lowest BCUT2D eigenvalue weighted by Gasteiger charge is -2.21. The minimum Gasteiger partial charge on any atom is -0.497 e. The van der Waals surface area contributed by atoms with E-state index < -0.39 is 15.9 Å². The fraction of sp³-hybridized carbons (Fsp3) is 0.350. The summed E-state index contributed by atoms with van der Waals surface area (Å²) in [6.07, 6.45) is 0. The van der Waals surface area contributed by atoms with E-state index in [0.717, 1.165) is 0 Å². The Morgan fingerprint density at radius 1 is 1.17 bits per heavy atom. The highest BCUT2D eigenvalue weighted by atomic mass is 35.5. The number of benzene rings is 2. The molecule has 0 atom stereocenters. The van der Waals surface area contributed by atoms with Crippen molar-refractivity contribution in [3.8, 4) is 11.5 Å². The lowest BCUT2D eigenvalue weighted by atomic mass is 10.2. The van der Waals surface area contributed by atoms with E-state index in [0.29, 0.717) is 11.5 Å². The second-order valence-corrected chi connectivity index (χ2v) is 8.94. The summed E-state index contributed by atoms with van der Waals surface area (Å²) in [5.74, 6) is 0.803. The summed E-state index contributed by atoms with van der Waals surface area (Å²) in [6, 6.07) is 11.0. The molecule has 0 spiro atoms. The third kappa shape index (κ3) is 5.85. The van der Waals surface area contributed by atoms with Crippen LogP contribution in [-0.2, 0) is 10.0 Å². The van der Waals surface area contributed by atoms with Gasteiger partial charge in [-0.2, -0.15) is 4.31 Å². The first-order valence-electron chi connectivity index (χ1n) is 8.99. The first kappa shape index (κ1) is 23.0. The van der Waals surface area contributed by atoms with Gasteiger partial charge < -0.3 is 14.8 Å². The van der Waals surface area contributed by atoms with Gasteiger partial charge in [0.2, 0.25) is 10.0 Å². The number of nitrogens with one attached hydrogen (secondary N) is 1. The molecule has 0 radical (unpaired) electrons. The summed E-state index contributed by atoms with van der Waals surface area (Å²) in [5.41, 5.74) is 0.0891. The highest BCUT2D eigenvalue weighted by Crippen LogP contribution is 2.23. The third-order valence-corrected chi connectivity index (χ3v) is 6.64. The maximum atomic E-state index is 12.7. The highest BCUT2D eigenvalue weighted by molar-refractivity contribution is 7.89. The predicted octanol–water partition coefficient (Wildman–Crippen LogP) is 3.19. The van der Waals surface area contributed by atoms with Crippen LogP contribution in [0.4, 0.5) is 0 Å². The molecule has 1 N–H and O–H groups in total. The predicted molar refractivity (Wildman–Crippen MR) is 112 cm³/mol. The van der Waals surface area contributed by atoms with Crippen LogP contribution in [0.25, 0.3) is 0 Å². The molecular weight excluding hydrogens is 416 g/mol. The van der Waals surface area contributed by atoms with Crippen molar-refractivity contribution in [2.24, 2.45) is 0 Å². The molecule has 0 unspecified atom stereocenters. The Morgan fingerprint density at radius 3 is 2.52 bits per heavy atom. The van der Waals surface area contributed by atoms with Crippen molar-refractivity contribution < 1.29 is 22.7 Å². The van der Waals surface area contributed by atoms with Gasteiger partial charge in [0, 0.05) is 19.2 Å². The molecule has 0 aliphatic heterocycles. The Kier molecular flexibility index (Phi) is 7.89. The smallest absolute Gasteiger partial charge is 0.252 e. The van der Waals surface area contributed by atoms with Crippen molar-refractivity contribution >= 4 is 27.5 Å². The Hall–Kier alpha value is -2.29. The van der Waals surface area contributed by atoms with Gasteiger partial charge in [0.05, 0.1) is 29.1 Å². The van der Waals surface area contributed by atoms with Crippen LogP contribution in [0.2, 0.25) is 5.02 Å². The van der Waals surface area contributed by atoms with Gasteiger partial charge in [-0.1, -0.05) is 17.7 Å². The van der Waals surface area contributed by atoms with Crippen molar-refractivity contribution in [1.29, 1.82) is 0 Å². The van der Waals surface area contributed by atoms with E-state index in [9.17, 15) is 13.2 Å². The minimum absolute atomic E-state index is 0.0101. The Morgan fingerprint density at radius 2 is 1.86 bits per heavy atom. The molecule has 0 saturated carbocycles. The van der Waals surface area contributed by atoms with E-state index in [1.165, 1.54) is 29.6 Å². The molecule has 158 valence electrons. The zero-order valence-corrected chi connectivity index (χ0v) is 18.4. The zero-order valence-electron chi connectivity index (χ0n) is 16.8. The molecular formula is C20H25ClN2O5S. The Bertz CT molecular complexity index is 963. The summed E-state index contributed by atoms with van der Waals surface area (Å²) in [5, 5.41) is 2.85. The number of methoxy groups -OCH3 is 1. The molecule has 2 aromatic rings. The normalized spacial score (nSPS) is 11.6. The molecule has 7 nitrogen and oxygen atoms in total. The van der Waals surface area contributed by atoms with Gasteiger partial charge in [-0.15, -0.1) is 0 Å². The molecule has 0 aromatic heterocycles. The first-order valence-corrected chi connectivity index (χ1v) is 10.8. The van der Waals surface area contributed by atoms with E-state index in [1.54, 1.807) is 45.2 Å². The van der Waals surface area contributed by atoms with Crippen molar-refractivity contribution in [1.82, 2.24) is 9.62 Å². The molecule has 0 heterocycles. The summed E-state index contributed by atoms with van der Waals surface area (Å²) in [7, 11) is -0.665.